The van der Waals surface area contributed by atoms with E-state index < -0.39 is 0 Å². The first-order valence-corrected chi connectivity index (χ1v) is 8.32. The normalized spacial score (nSPS) is 18.1. The molecule has 1 aromatic heterocycles. The third-order valence-electron chi connectivity index (χ3n) is 4.36. The van der Waals surface area contributed by atoms with Gasteiger partial charge in [-0.15, -0.1) is 0 Å². The summed E-state index contributed by atoms with van der Waals surface area (Å²) in [6.07, 6.45) is 6.10. The number of hydrogen-bond donors (Lipinski definition) is 0. The fraction of sp³-hybridized carbons (Fsp3) is 0.706. The second kappa shape index (κ2) is 8.24. The zero-order chi connectivity index (χ0) is 16.8. The molecule has 6 nitrogen and oxygen atoms in total. The van der Waals surface area contributed by atoms with Crippen LogP contribution in [-0.2, 0) is 4.74 Å². The molecule has 1 aliphatic heterocycles. The van der Waals surface area contributed by atoms with Gasteiger partial charge in [0.25, 0.3) is 5.91 Å². The molecule has 1 aromatic rings. The molecule has 1 amide bonds. The number of likely N-dealkylation sites (tertiary alicyclic amines) is 1. The van der Waals surface area contributed by atoms with Gasteiger partial charge in [-0.3, -0.25) is 4.79 Å². The second-order valence-electron chi connectivity index (χ2n) is 6.46. The molecule has 1 fully saturated rings. The maximum atomic E-state index is 12.8. The molecular weight excluding hydrogens is 292 g/mol. The van der Waals surface area contributed by atoms with Gasteiger partial charge in [-0.1, -0.05) is 0 Å². The molecule has 6 heteroatoms. The van der Waals surface area contributed by atoms with Crippen LogP contribution in [0.5, 0.6) is 0 Å². The van der Waals surface area contributed by atoms with Crippen LogP contribution in [0.15, 0.2) is 6.20 Å². The second-order valence-corrected chi connectivity index (χ2v) is 6.46. The Balaban J connectivity index is 2.02. The zero-order valence-electron chi connectivity index (χ0n) is 14.7. The van der Waals surface area contributed by atoms with E-state index in [0.29, 0.717) is 17.4 Å². The first-order chi connectivity index (χ1) is 11.0. The summed E-state index contributed by atoms with van der Waals surface area (Å²) in [6.45, 7) is 4.33. The smallest absolute Gasteiger partial charge is 0.257 e. The van der Waals surface area contributed by atoms with E-state index in [1.807, 2.05) is 30.8 Å². The van der Waals surface area contributed by atoms with E-state index in [0.717, 1.165) is 44.7 Å². The van der Waals surface area contributed by atoms with Gasteiger partial charge in [0.2, 0.25) is 5.95 Å². The minimum atomic E-state index is 0.0595. The largest absolute Gasteiger partial charge is 0.385 e. The standard InChI is InChI=1S/C17H28N4O2/c1-13-15(11-18-17(19-13)20(2)3)16(22)21-9-5-7-14(12-21)8-6-10-23-4/h11,14H,5-10,12H2,1-4H3/t14-/m1/s1. The summed E-state index contributed by atoms with van der Waals surface area (Å²) < 4.78 is 5.12. The molecule has 1 saturated heterocycles. The average molecular weight is 320 g/mol. The van der Waals surface area contributed by atoms with Crippen LogP contribution in [0.2, 0.25) is 0 Å². The number of rotatable bonds is 6. The van der Waals surface area contributed by atoms with Gasteiger partial charge in [-0.25, -0.2) is 9.97 Å². The molecular formula is C17H28N4O2. The van der Waals surface area contributed by atoms with Gasteiger partial charge >= 0.3 is 0 Å². The number of carbonyl (C=O) groups excluding carboxylic acids is 1. The molecule has 1 atom stereocenters. The van der Waals surface area contributed by atoms with Crippen molar-refractivity contribution in [3.63, 3.8) is 0 Å². The Hall–Kier alpha value is -1.69. The van der Waals surface area contributed by atoms with E-state index in [2.05, 4.69) is 9.97 Å². The summed E-state index contributed by atoms with van der Waals surface area (Å²) in [5.74, 6) is 1.27. The Bertz CT molecular complexity index is 533. The Morgan fingerprint density at radius 2 is 2.26 bits per heavy atom. The number of methoxy groups -OCH3 is 1. The molecule has 0 N–H and O–H groups in total. The maximum absolute atomic E-state index is 12.8. The van der Waals surface area contributed by atoms with Crippen molar-refractivity contribution >= 4 is 11.9 Å². The lowest BCUT2D eigenvalue weighted by Crippen LogP contribution is -2.40. The topological polar surface area (TPSA) is 58.6 Å². The number of nitrogens with zero attached hydrogens (tertiary/aromatic N) is 4. The molecule has 0 unspecified atom stereocenters. The van der Waals surface area contributed by atoms with Crippen LogP contribution in [0.3, 0.4) is 0 Å². The van der Waals surface area contributed by atoms with Crippen LogP contribution in [-0.4, -0.2) is 61.7 Å². The van der Waals surface area contributed by atoms with Gasteiger partial charge in [0.05, 0.1) is 11.3 Å². The van der Waals surface area contributed by atoms with Crippen LogP contribution in [0.1, 0.15) is 41.7 Å². The highest BCUT2D eigenvalue weighted by Crippen LogP contribution is 2.23. The molecule has 2 rings (SSSR count). The van der Waals surface area contributed by atoms with Crippen LogP contribution < -0.4 is 4.90 Å². The van der Waals surface area contributed by atoms with E-state index in [-0.39, 0.29) is 5.91 Å². The highest BCUT2D eigenvalue weighted by atomic mass is 16.5. The quantitative estimate of drug-likeness (QED) is 0.752. The van der Waals surface area contributed by atoms with Crippen LogP contribution in [0.25, 0.3) is 0 Å². The minimum absolute atomic E-state index is 0.0595. The number of ether oxygens (including phenoxy) is 1. The Morgan fingerprint density at radius 1 is 1.48 bits per heavy atom. The average Bonchev–Trinajstić information content (AvgIpc) is 2.54. The number of piperidine rings is 1. The molecule has 0 bridgehead atoms. The number of anilines is 1. The van der Waals surface area contributed by atoms with E-state index in [1.54, 1.807) is 13.3 Å². The van der Waals surface area contributed by atoms with Crippen LogP contribution in [0.4, 0.5) is 5.95 Å². The number of carbonyl (C=O) groups is 1. The summed E-state index contributed by atoms with van der Waals surface area (Å²) >= 11 is 0. The van der Waals surface area contributed by atoms with Gasteiger partial charge < -0.3 is 14.5 Å². The highest BCUT2D eigenvalue weighted by Gasteiger charge is 2.25. The van der Waals surface area contributed by atoms with Crippen molar-refractivity contribution in [1.82, 2.24) is 14.9 Å². The third kappa shape index (κ3) is 4.64. The van der Waals surface area contributed by atoms with Gasteiger partial charge in [0, 0.05) is 47.1 Å². The first kappa shape index (κ1) is 17.7. The lowest BCUT2D eigenvalue weighted by atomic mass is 9.93. The molecule has 0 aliphatic carbocycles. The fourth-order valence-corrected chi connectivity index (χ4v) is 3.05. The van der Waals surface area contributed by atoms with Crippen molar-refractivity contribution in [2.75, 3.05) is 45.8 Å². The van der Waals surface area contributed by atoms with E-state index in [4.69, 9.17) is 4.74 Å². The Kier molecular flexibility index (Phi) is 6.33. The summed E-state index contributed by atoms with van der Waals surface area (Å²) in [7, 11) is 5.52. The molecule has 1 aliphatic rings. The predicted octanol–water partition coefficient (Wildman–Crippen LogP) is 2.13. The van der Waals surface area contributed by atoms with E-state index in [1.165, 1.54) is 6.42 Å². The molecule has 128 valence electrons. The molecule has 23 heavy (non-hydrogen) atoms. The minimum Gasteiger partial charge on any atom is -0.385 e. The van der Waals surface area contributed by atoms with Gasteiger partial charge in [0.1, 0.15) is 0 Å². The van der Waals surface area contributed by atoms with Crippen molar-refractivity contribution < 1.29 is 9.53 Å². The molecule has 0 spiro atoms. The van der Waals surface area contributed by atoms with Crippen molar-refractivity contribution in [3.05, 3.63) is 17.5 Å². The summed E-state index contributed by atoms with van der Waals surface area (Å²) in [5.41, 5.74) is 1.36. The monoisotopic (exact) mass is 320 g/mol. The highest BCUT2D eigenvalue weighted by molar-refractivity contribution is 5.95. The van der Waals surface area contributed by atoms with Gasteiger partial charge in [-0.2, -0.15) is 0 Å². The summed E-state index contributed by atoms with van der Waals surface area (Å²) in [4.78, 5) is 25.3. The van der Waals surface area contributed by atoms with Gasteiger partial charge in [-0.05, 0) is 38.5 Å². The Morgan fingerprint density at radius 3 is 2.91 bits per heavy atom. The number of aromatic nitrogens is 2. The number of amides is 1. The van der Waals surface area contributed by atoms with Crippen LogP contribution >= 0.6 is 0 Å². The Labute approximate surface area is 138 Å². The lowest BCUT2D eigenvalue weighted by Gasteiger charge is -2.33. The zero-order valence-corrected chi connectivity index (χ0v) is 14.7. The van der Waals surface area contributed by atoms with Gasteiger partial charge in [0.15, 0.2) is 0 Å². The van der Waals surface area contributed by atoms with Crippen molar-refractivity contribution in [1.29, 1.82) is 0 Å². The molecule has 0 radical (unpaired) electrons. The van der Waals surface area contributed by atoms with Crippen molar-refractivity contribution in [2.24, 2.45) is 5.92 Å². The van der Waals surface area contributed by atoms with Crippen molar-refractivity contribution in [2.45, 2.75) is 32.6 Å². The first-order valence-electron chi connectivity index (χ1n) is 8.32. The van der Waals surface area contributed by atoms with E-state index >= 15 is 0 Å². The number of aryl methyl sites for hydroxylation is 1. The molecule has 0 aromatic carbocycles. The SMILES string of the molecule is COCCC[C@H]1CCCN(C(=O)c2cnc(N(C)C)nc2C)C1. The molecule has 0 saturated carbocycles. The van der Waals surface area contributed by atoms with Crippen LogP contribution in [0, 0.1) is 12.8 Å². The van der Waals surface area contributed by atoms with Crippen molar-refractivity contribution in [3.8, 4) is 0 Å². The number of hydrogen-bond acceptors (Lipinski definition) is 5. The predicted molar refractivity (Wildman–Crippen MR) is 90.8 cm³/mol. The maximum Gasteiger partial charge on any atom is 0.257 e. The summed E-state index contributed by atoms with van der Waals surface area (Å²) in [6, 6.07) is 0. The summed E-state index contributed by atoms with van der Waals surface area (Å²) in [5, 5.41) is 0. The fourth-order valence-electron chi connectivity index (χ4n) is 3.05. The third-order valence-corrected chi connectivity index (χ3v) is 4.36. The van der Waals surface area contributed by atoms with E-state index in [9.17, 15) is 4.79 Å². The lowest BCUT2D eigenvalue weighted by molar-refractivity contribution is 0.0659. The molecule has 2 heterocycles.